The molecule has 12 nitrogen and oxygen atoms in total. The minimum Gasteiger partial charge on any atom is -0.493 e. The molecule has 1 aromatic heterocycles. The predicted octanol–water partition coefficient (Wildman–Crippen LogP) is 3.85. The van der Waals surface area contributed by atoms with E-state index in [4.69, 9.17) is 14.2 Å². The summed E-state index contributed by atoms with van der Waals surface area (Å²) in [5.74, 6) is 1.48. The normalized spacial score (nSPS) is 14.1. The van der Waals surface area contributed by atoms with E-state index in [2.05, 4.69) is 31.2 Å². The Morgan fingerprint density at radius 3 is 2.44 bits per heavy atom. The molecule has 0 aliphatic heterocycles. The average Bonchev–Trinajstić information content (AvgIpc) is 3.28. The molecule has 2 amide bonds. The second-order valence-corrected chi connectivity index (χ2v) is 10.7. The maximum absolute atomic E-state index is 13.8. The molecule has 0 radical (unpaired) electrons. The van der Waals surface area contributed by atoms with Crippen molar-refractivity contribution in [1.82, 2.24) is 20.6 Å². The maximum Gasteiger partial charge on any atom is 0.242 e. The number of nitrogens with zero attached hydrogens (tertiary/aromatic N) is 2. The molecule has 0 spiro atoms. The minimum atomic E-state index is -0.634. The molecule has 0 saturated carbocycles. The molecule has 4 N–H and O–H groups in total. The molecule has 1 heterocycles. The summed E-state index contributed by atoms with van der Waals surface area (Å²) < 4.78 is 17.1. The standard InChI is InChI=1S/C33H42N6O6/c1-6-7-9-26(32(42)34-16-17-37-33-35-14-8-15-36-33)39-25-13-11-22-23(19-27(25)41)24(38-20(2)40)12-10-21-18-28(43-3)30(44-4)31(45-5)29(21)22/h8,11,13-15,18-19,24,26H,6-7,9-10,12,16-17H2,1-5H3,(H,34,42)(H,38,40)(H,39,41)(H,35,36,37)/t24-,26?/m0/s1. The summed E-state index contributed by atoms with van der Waals surface area (Å²) in [6.45, 7) is 4.30. The van der Waals surface area contributed by atoms with Crippen LogP contribution in [0.2, 0.25) is 0 Å². The molecule has 45 heavy (non-hydrogen) atoms. The lowest BCUT2D eigenvalue weighted by Crippen LogP contribution is -2.42. The van der Waals surface area contributed by atoms with Gasteiger partial charge in [-0.1, -0.05) is 25.8 Å². The summed E-state index contributed by atoms with van der Waals surface area (Å²) in [5.41, 5.74) is 3.03. The number of ether oxygens (including phenoxy) is 3. The van der Waals surface area contributed by atoms with Gasteiger partial charge in [0.1, 0.15) is 6.04 Å². The SMILES string of the molecule is CCCCC(Nc1ccc2c(cc1=O)[C@@H](NC(C)=O)CCc1cc(OC)c(OC)c(OC)c1-2)C(=O)NCCNc1ncccn1. The van der Waals surface area contributed by atoms with Gasteiger partial charge in [-0.2, -0.15) is 0 Å². The second kappa shape index (κ2) is 15.7. The lowest BCUT2D eigenvalue weighted by molar-refractivity contribution is -0.122. The van der Waals surface area contributed by atoms with Gasteiger partial charge in [-0.15, -0.1) is 0 Å². The van der Waals surface area contributed by atoms with E-state index < -0.39 is 12.1 Å². The van der Waals surface area contributed by atoms with E-state index in [0.717, 1.165) is 24.0 Å². The van der Waals surface area contributed by atoms with Crippen LogP contribution in [0.1, 0.15) is 56.7 Å². The van der Waals surface area contributed by atoms with Crippen molar-refractivity contribution in [3.63, 3.8) is 0 Å². The molecule has 12 heteroatoms. The number of benzene rings is 1. The first kappa shape index (κ1) is 33.0. The number of methoxy groups -OCH3 is 3. The number of aromatic nitrogens is 2. The van der Waals surface area contributed by atoms with Crippen LogP contribution < -0.4 is 40.9 Å². The van der Waals surface area contributed by atoms with Crippen molar-refractivity contribution >= 4 is 23.5 Å². The number of anilines is 2. The number of unbranched alkanes of at least 4 members (excludes halogenated alkanes) is 1. The Morgan fingerprint density at radius 1 is 1.02 bits per heavy atom. The number of aryl methyl sites for hydroxylation is 1. The topological polar surface area (TPSA) is 153 Å². The van der Waals surface area contributed by atoms with Gasteiger partial charge in [0.25, 0.3) is 0 Å². The van der Waals surface area contributed by atoms with Crippen molar-refractivity contribution in [3.8, 4) is 28.4 Å². The van der Waals surface area contributed by atoms with Crippen LogP contribution in [0.25, 0.3) is 11.1 Å². The zero-order chi connectivity index (χ0) is 32.3. The van der Waals surface area contributed by atoms with E-state index in [-0.39, 0.29) is 22.9 Å². The average molecular weight is 619 g/mol. The Hall–Kier alpha value is -4.87. The van der Waals surface area contributed by atoms with E-state index in [0.29, 0.717) is 66.7 Å². The van der Waals surface area contributed by atoms with E-state index in [1.807, 2.05) is 19.1 Å². The molecule has 0 fully saturated rings. The van der Waals surface area contributed by atoms with Gasteiger partial charge in [0.15, 0.2) is 11.5 Å². The number of amides is 2. The summed E-state index contributed by atoms with van der Waals surface area (Å²) in [6, 6.07) is 7.65. The molecule has 0 bridgehead atoms. The van der Waals surface area contributed by atoms with Gasteiger partial charge in [-0.3, -0.25) is 14.4 Å². The molecule has 2 atom stereocenters. The third-order valence-corrected chi connectivity index (χ3v) is 7.68. The van der Waals surface area contributed by atoms with Crippen LogP contribution in [0, 0.1) is 0 Å². The number of carbonyl (C=O) groups excluding carboxylic acids is 2. The smallest absolute Gasteiger partial charge is 0.242 e. The highest BCUT2D eigenvalue weighted by Gasteiger charge is 2.30. The third kappa shape index (κ3) is 8.00. The molecule has 1 aliphatic carbocycles. The van der Waals surface area contributed by atoms with Crippen LogP contribution in [0.15, 0.2) is 47.5 Å². The zero-order valence-corrected chi connectivity index (χ0v) is 26.5. The number of nitrogens with one attached hydrogen (secondary N) is 4. The largest absolute Gasteiger partial charge is 0.493 e. The van der Waals surface area contributed by atoms with Crippen molar-refractivity contribution in [2.45, 2.75) is 58.0 Å². The van der Waals surface area contributed by atoms with Crippen molar-refractivity contribution in [3.05, 3.63) is 64.1 Å². The fraction of sp³-hybridized carbons (Fsp3) is 0.424. The predicted molar refractivity (Wildman–Crippen MR) is 173 cm³/mol. The molecule has 4 rings (SSSR count). The number of carbonyl (C=O) groups is 2. The van der Waals surface area contributed by atoms with Crippen LogP contribution in [0.4, 0.5) is 11.6 Å². The zero-order valence-electron chi connectivity index (χ0n) is 26.5. The van der Waals surface area contributed by atoms with Gasteiger partial charge in [0.05, 0.1) is 33.1 Å². The van der Waals surface area contributed by atoms with Gasteiger partial charge < -0.3 is 35.5 Å². The molecule has 3 aromatic rings. The van der Waals surface area contributed by atoms with Crippen LogP contribution in [0.5, 0.6) is 17.2 Å². The Bertz CT molecular complexity index is 1550. The van der Waals surface area contributed by atoms with Crippen molar-refractivity contribution in [2.24, 2.45) is 0 Å². The fourth-order valence-corrected chi connectivity index (χ4v) is 5.57. The van der Waals surface area contributed by atoms with E-state index >= 15 is 0 Å². The van der Waals surface area contributed by atoms with Crippen LogP contribution in [0.3, 0.4) is 0 Å². The minimum absolute atomic E-state index is 0.207. The molecule has 1 aliphatic rings. The highest BCUT2D eigenvalue weighted by atomic mass is 16.5. The summed E-state index contributed by atoms with van der Waals surface area (Å²) in [5, 5.41) is 12.2. The van der Waals surface area contributed by atoms with Crippen LogP contribution in [-0.4, -0.2) is 62.2 Å². The van der Waals surface area contributed by atoms with E-state index in [9.17, 15) is 14.4 Å². The Kier molecular flexibility index (Phi) is 11.5. The monoisotopic (exact) mass is 618 g/mol. The molecule has 2 aromatic carbocycles. The van der Waals surface area contributed by atoms with Crippen LogP contribution in [-0.2, 0) is 16.0 Å². The summed E-state index contributed by atoms with van der Waals surface area (Å²) in [4.78, 5) is 47.5. The first-order valence-electron chi connectivity index (χ1n) is 15.1. The number of fused-ring (bicyclic) bond motifs is 3. The van der Waals surface area contributed by atoms with Crippen LogP contribution >= 0.6 is 0 Å². The Balaban J connectivity index is 1.70. The number of hydrogen-bond donors (Lipinski definition) is 4. The quantitative estimate of drug-likeness (QED) is 0.196. The number of rotatable bonds is 14. The van der Waals surface area contributed by atoms with Crippen molar-refractivity contribution in [1.29, 1.82) is 0 Å². The maximum atomic E-state index is 13.8. The van der Waals surface area contributed by atoms with Gasteiger partial charge in [0, 0.05) is 38.0 Å². The summed E-state index contributed by atoms with van der Waals surface area (Å²) in [6.07, 6.45) is 6.64. The summed E-state index contributed by atoms with van der Waals surface area (Å²) >= 11 is 0. The fourth-order valence-electron chi connectivity index (χ4n) is 5.57. The Morgan fingerprint density at radius 2 is 1.78 bits per heavy atom. The van der Waals surface area contributed by atoms with Gasteiger partial charge in [0.2, 0.25) is 28.9 Å². The second-order valence-electron chi connectivity index (χ2n) is 10.7. The lowest BCUT2D eigenvalue weighted by Gasteiger charge is -2.19. The summed E-state index contributed by atoms with van der Waals surface area (Å²) in [7, 11) is 4.66. The van der Waals surface area contributed by atoms with Crippen molar-refractivity contribution < 1.29 is 23.8 Å². The highest BCUT2D eigenvalue weighted by Crippen LogP contribution is 2.50. The van der Waals surface area contributed by atoms with E-state index in [1.165, 1.54) is 6.92 Å². The van der Waals surface area contributed by atoms with Crippen molar-refractivity contribution in [2.75, 3.05) is 45.1 Å². The Labute approximate surface area is 263 Å². The lowest BCUT2D eigenvalue weighted by atomic mass is 9.95. The van der Waals surface area contributed by atoms with Gasteiger partial charge >= 0.3 is 0 Å². The molecule has 1 unspecified atom stereocenters. The number of hydrogen-bond acceptors (Lipinski definition) is 10. The molecular weight excluding hydrogens is 576 g/mol. The molecule has 0 saturated heterocycles. The van der Waals surface area contributed by atoms with Gasteiger partial charge in [-0.25, -0.2) is 9.97 Å². The third-order valence-electron chi connectivity index (χ3n) is 7.68. The highest BCUT2D eigenvalue weighted by molar-refractivity contribution is 5.86. The van der Waals surface area contributed by atoms with E-state index in [1.54, 1.807) is 51.9 Å². The molecular formula is C33H42N6O6. The molecule has 240 valence electrons. The first-order valence-corrected chi connectivity index (χ1v) is 15.1. The van der Waals surface area contributed by atoms with Gasteiger partial charge in [-0.05, 0) is 60.2 Å². The first-order chi connectivity index (χ1) is 21.8.